The Morgan fingerprint density at radius 3 is 2.27 bits per heavy atom. The van der Waals surface area contributed by atoms with Gasteiger partial charge in [-0.3, -0.25) is 0 Å². The van der Waals surface area contributed by atoms with E-state index in [2.05, 4.69) is 128 Å². The van der Waals surface area contributed by atoms with E-state index in [0.29, 0.717) is 11.8 Å². The number of rotatable bonds is 5. The molecule has 2 aliphatic rings. The Bertz CT molecular complexity index is 1870. The average molecular weight is 546 g/mol. The lowest BCUT2D eigenvalue weighted by Gasteiger charge is -2.38. The lowest BCUT2D eigenvalue weighted by Crippen LogP contribution is -2.30. The molecule has 7 rings (SSSR count). The molecule has 3 heteroatoms. The zero-order chi connectivity index (χ0) is 27.9. The van der Waals surface area contributed by atoms with Crippen molar-refractivity contribution < 1.29 is 0 Å². The second-order valence-electron chi connectivity index (χ2n) is 11.4. The van der Waals surface area contributed by atoms with E-state index in [-0.39, 0.29) is 0 Å². The smallest absolute Gasteiger partial charge is 0.113 e. The summed E-state index contributed by atoms with van der Waals surface area (Å²) in [5, 5.41) is 2.67. The van der Waals surface area contributed by atoms with E-state index in [1.165, 1.54) is 59.5 Å². The molecule has 1 nitrogen and oxygen atoms in total. The van der Waals surface area contributed by atoms with Crippen LogP contribution in [0.15, 0.2) is 133 Å². The maximum atomic E-state index is 6.01. The van der Waals surface area contributed by atoms with Crippen molar-refractivity contribution in [2.75, 3.05) is 4.90 Å². The minimum absolute atomic E-state index is 0.368. The first-order chi connectivity index (χ1) is 20.0. The van der Waals surface area contributed by atoms with Crippen LogP contribution in [0.2, 0.25) is 0 Å². The number of fused-ring (bicyclic) bond motifs is 3. The van der Waals surface area contributed by atoms with Gasteiger partial charge in [-0.05, 0) is 65.5 Å². The van der Waals surface area contributed by atoms with Gasteiger partial charge in [0.05, 0.1) is 0 Å². The van der Waals surface area contributed by atoms with Crippen molar-refractivity contribution in [1.29, 1.82) is 0 Å². The highest BCUT2D eigenvalue weighted by Crippen LogP contribution is 2.43. The molecule has 0 N–H and O–H groups in total. The number of benzene rings is 4. The Hall–Kier alpha value is -4.08. The molecule has 2 atom stereocenters. The predicted molar refractivity (Wildman–Crippen MR) is 180 cm³/mol. The molecule has 0 bridgehead atoms. The second-order valence-corrected chi connectivity index (χ2v) is 12.4. The zero-order valence-electron chi connectivity index (χ0n) is 23.5. The first kappa shape index (κ1) is 25.9. The molecule has 2 radical (unpaired) electrons. The van der Waals surface area contributed by atoms with E-state index < -0.39 is 0 Å². The average Bonchev–Trinajstić information content (AvgIpc) is 3.38. The largest absolute Gasteiger partial charge is 0.317 e. The molecule has 0 saturated heterocycles. The molecule has 0 aliphatic heterocycles. The number of allylic oxidation sites excluding steroid dienone is 8. The van der Waals surface area contributed by atoms with Crippen molar-refractivity contribution >= 4 is 61.7 Å². The van der Waals surface area contributed by atoms with Crippen LogP contribution in [-0.4, -0.2) is 7.85 Å². The summed E-state index contributed by atoms with van der Waals surface area (Å²) < 4.78 is 2.67. The summed E-state index contributed by atoms with van der Waals surface area (Å²) in [6, 6.07) is 34.8. The highest BCUT2D eigenvalue weighted by atomic mass is 32.1. The topological polar surface area (TPSA) is 3.24 Å². The van der Waals surface area contributed by atoms with E-state index >= 15 is 0 Å². The van der Waals surface area contributed by atoms with Crippen LogP contribution in [-0.2, 0) is 0 Å². The fourth-order valence-electron chi connectivity index (χ4n) is 6.26. The third kappa shape index (κ3) is 4.89. The van der Waals surface area contributed by atoms with Crippen LogP contribution in [0.5, 0.6) is 0 Å². The molecule has 2 aliphatic carbocycles. The first-order valence-electron chi connectivity index (χ1n) is 14.5. The van der Waals surface area contributed by atoms with Crippen molar-refractivity contribution in [2.24, 2.45) is 11.8 Å². The molecule has 1 heterocycles. The molecule has 0 saturated carbocycles. The van der Waals surface area contributed by atoms with Gasteiger partial charge >= 0.3 is 0 Å². The number of nitrogens with zero attached hydrogens (tertiary/aromatic N) is 1. The summed E-state index contributed by atoms with van der Waals surface area (Å²) in [6.07, 6.45) is 11.5. The van der Waals surface area contributed by atoms with Gasteiger partial charge in [-0.25, -0.2) is 0 Å². The Morgan fingerprint density at radius 2 is 1.46 bits per heavy atom. The lowest BCUT2D eigenvalue weighted by molar-refractivity contribution is 0.619. The van der Waals surface area contributed by atoms with E-state index in [1.54, 1.807) is 0 Å². The quantitative estimate of drug-likeness (QED) is 0.199. The maximum Gasteiger partial charge on any atom is 0.113 e. The molecule has 41 heavy (non-hydrogen) atoms. The molecule has 1 aromatic heterocycles. The summed E-state index contributed by atoms with van der Waals surface area (Å²) in [5.41, 5.74) is 9.90. The predicted octanol–water partition coefficient (Wildman–Crippen LogP) is 9.67. The van der Waals surface area contributed by atoms with Crippen molar-refractivity contribution in [3.05, 3.63) is 144 Å². The summed E-state index contributed by atoms with van der Waals surface area (Å²) in [6.45, 7) is 4.73. The van der Waals surface area contributed by atoms with E-state index in [0.717, 1.165) is 18.3 Å². The van der Waals surface area contributed by atoms with Crippen LogP contribution in [0.25, 0.3) is 31.3 Å². The van der Waals surface area contributed by atoms with Gasteiger partial charge in [0.25, 0.3) is 0 Å². The van der Waals surface area contributed by atoms with Crippen molar-refractivity contribution in [2.45, 2.75) is 26.7 Å². The summed E-state index contributed by atoms with van der Waals surface area (Å²) in [7, 11) is 6.01. The van der Waals surface area contributed by atoms with Gasteiger partial charge in [0, 0.05) is 49.1 Å². The number of anilines is 1. The third-order valence-corrected chi connectivity index (χ3v) is 9.65. The molecule has 0 fully saturated rings. The van der Waals surface area contributed by atoms with Gasteiger partial charge in [-0.1, -0.05) is 110 Å². The van der Waals surface area contributed by atoms with E-state index in [1.807, 2.05) is 23.5 Å². The standard InChI is InChI=1S/C38H32BNS/c1-25-12-13-30(28-14-17-31(39)18-15-28)23-36(25)40(35-21-16-29(22-26(35)2)27-8-4-3-5-9-27)32-19-20-34-33-10-6-7-11-37(33)41-38(34)24-32/h3-11,13-21,23-26H,12,22H2,1-2H3. The molecular weight excluding hydrogens is 513 g/mol. The van der Waals surface area contributed by atoms with Crippen LogP contribution in [0, 0.1) is 11.8 Å². The Balaban J connectivity index is 1.38. The van der Waals surface area contributed by atoms with Gasteiger partial charge in [-0.2, -0.15) is 0 Å². The first-order valence-corrected chi connectivity index (χ1v) is 15.3. The van der Waals surface area contributed by atoms with E-state index in [4.69, 9.17) is 7.85 Å². The van der Waals surface area contributed by atoms with Gasteiger partial charge in [0.2, 0.25) is 0 Å². The fourth-order valence-corrected chi connectivity index (χ4v) is 7.40. The Morgan fingerprint density at radius 1 is 0.707 bits per heavy atom. The minimum atomic E-state index is 0.368. The molecule has 198 valence electrons. The van der Waals surface area contributed by atoms with Gasteiger partial charge in [0.1, 0.15) is 7.85 Å². The molecule has 0 spiro atoms. The molecule has 0 amide bonds. The molecule has 5 aromatic rings. The number of hydrogen-bond acceptors (Lipinski definition) is 2. The van der Waals surface area contributed by atoms with Crippen LogP contribution < -0.4 is 10.4 Å². The van der Waals surface area contributed by atoms with Crippen molar-refractivity contribution in [3.63, 3.8) is 0 Å². The van der Waals surface area contributed by atoms with Gasteiger partial charge in [0.15, 0.2) is 0 Å². The maximum absolute atomic E-state index is 6.01. The summed E-state index contributed by atoms with van der Waals surface area (Å²) in [4.78, 5) is 2.56. The Kier molecular flexibility index (Phi) is 6.76. The second kappa shape index (κ2) is 10.7. The minimum Gasteiger partial charge on any atom is -0.317 e. The fraction of sp³-hybridized carbons (Fsp3) is 0.158. The summed E-state index contributed by atoms with van der Waals surface area (Å²) >= 11 is 1.88. The highest BCUT2D eigenvalue weighted by Gasteiger charge is 2.29. The molecule has 2 unspecified atom stereocenters. The number of hydrogen-bond donors (Lipinski definition) is 0. The zero-order valence-corrected chi connectivity index (χ0v) is 24.4. The molecule has 4 aromatic carbocycles. The third-order valence-electron chi connectivity index (χ3n) is 8.51. The Labute approximate surface area is 248 Å². The normalized spacial score (nSPS) is 19.0. The number of thiophene rings is 1. The summed E-state index contributed by atoms with van der Waals surface area (Å²) in [5.74, 6) is 0.755. The molecular formula is C38H32BNS. The van der Waals surface area contributed by atoms with Crippen LogP contribution in [0.3, 0.4) is 0 Å². The van der Waals surface area contributed by atoms with Gasteiger partial charge < -0.3 is 4.90 Å². The van der Waals surface area contributed by atoms with Crippen LogP contribution in [0.4, 0.5) is 5.69 Å². The van der Waals surface area contributed by atoms with Crippen molar-refractivity contribution in [3.8, 4) is 0 Å². The highest BCUT2D eigenvalue weighted by molar-refractivity contribution is 7.25. The van der Waals surface area contributed by atoms with Crippen molar-refractivity contribution in [1.82, 2.24) is 0 Å². The van der Waals surface area contributed by atoms with E-state index in [9.17, 15) is 0 Å². The van der Waals surface area contributed by atoms with Crippen LogP contribution in [0.1, 0.15) is 37.8 Å². The van der Waals surface area contributed by atoms with Gasteiger partial charge in [-0.15, -0.1) is 11.3 Å². The SMILES string of the molecule is [B]c1ccc(C2=CCC(C)C(N(C3=CC=C(c4ccccc4)CC3C)c3ccc4c(c3)sc3ccccc34)=C2)cc1. The lowest BCUT2D eigenvalue weighted by atomic mass is 9.85. The monoisotopic (exact) mass is 545 g/mol. The van der Waals surface area contributed by atoms with Crippen LogP contribution >= 0.6 is 11.3 Å².